The summed E-state index contributed by atoms with van der Waals surface area (Å²) in [6.07, 6.45) is 2.36. The number of aromatic nitrogens is 3. The second-order valence-corrected chi connectivity index (χ2v) is 7.68. The van der Waals surface area contributed by atoms with Gasteiger partial charge in [0, 0.05) is 29.8 Å². The van der Waals surface area contributed by atoms with E-state index in [1.54, 1.807) is 11.3 Å². The first-order valence-corrected chi connectivity index (χ1v) is 10.6. The van der Waals surface area contributed by atoms with Crippen molar-refractivity contribution in [3.8, 4) is 10.4 Å². The normalized spacial score (nSPS) is 11.4. The van der Waals surface area contributed by atoms with Crippen LogP contribution in [-0.4, -0.2) is 31.9 Å². The lowest BCUT2D eigenvalue weighted by molar-refractivity contribution is -0.131. The van der Waals surface area contributed by atoms with Gasteiger partial charge in [-0.25, -0.2) is 4.98 Å². The number of hydrogen-bond donors (Lipinski definition) is 0. The molecule has 4 aromatic rings. The van der Waals surface area contributed by atoms with E-state index in [4.69, 9.17) is 4.98 Å². The van der Waals surface area contributed by atoms with Gasteiger partial charge in [0.2, 0.25) is 5.91 Å². The average molecular weight is 393 g/mol. The van der Waals surface area contributed by atoms with Crippen LogP contribution in [0.1, 0.15) is 33.0 Å². The van der Waals surface area contributed by atoms with Gasteiger partial charge in [-0.1, -0.05) is 19.1 Å². The number of benzene rings is 1. The highest BCUT2D eigenvalue weighted by Crippen LogP contribution is 2.31. The number of rotatable bonds is 6. The molecule has 0 bridgehead atoms. The summed E-state index contributed by atoms with van der Waals surface area (Å²) in [5.74, 6) is 1.07. The summed E-state index contributed by atoms with van der Waals surface area (Å²) in [6, 6.07) is 10.6. The van der Waals surface area contributed by atoms with Crippen molar-refractivity contribution in [3.05, 3.63) is 47.7 Å². The minimum atomic E-state index is 0.154. The lowest BCUT2D eigenvalue weighted by Gasteiger charge is -2.20. The molecule has 0 aliphatic carbocycles. The third-order valence-electron chi connectivity index (χ3n) is 5.14. The quantitative estimate of drug-likeness (QED) is 0.459. The van der Waals surface area contributed by atoms with Crippen molar-refractivity contribution in [2.75, 3.05) is 6.54 Å². The zero-order chi connectivity index (χ0) is 19.7. The molecule has 1 aromatic carbocycles. The predicted molar refractivity (Wildman–Crippen MR) is 115 cm³/mol. The standard InChI is InChI=1S/C22H24N4OS/c1-4-21(27)25(5-2)14-20-24-18-13-23-17-12-15(19-8-7-11-28-19)9-10-16(17)22(18)26(20)6-3/h7-13H,4-6,14H2,1-3H3. The molecule has 28 heavy (non-hydrogen) atoms. The van der Waals surface area contributed by atoms with Gasteiger partial charge in [-0.15, -0.1) is 11.3 Å². The Morgan fingerprint density at radius 3 is 2.71 bits per heavy atom. The Morgan fingerprint density at radius 1 is 1.18 bits per heavy atom. The van der Waals surface area contributed by atoms with Crippen LogP contribution in [0.2, 0.25) is 0 Å². The number of aryl methyl sites for hydroxylation is 1. The van der Waals surface area contributed by atoms with Crippen LogP contribution < -0.4 is 0 Å². The maximum Gasteiger partial charge on any atom is 0.222 e. The monoisotopic (exact) mass is 392 g/mol. The van der Waals surface area contributed by atoms with Crippen LogP contribution in [0, 0.1) is 0 Å². The van der Waals surface area contributed by atoms with E-state index in [1.807, 2.05) is 24.9 Å². The van der Waals surface area contributed by atoms with E-state index < -0.39 is 0 Å². The average Bonchev–Trinajstić information content (AvgIpc) is 3.38. The molecule has 0 unspecified atom stereocenters. The van der Waals surface area contributed by atoms with E-state index in [2.05, 4.69) is 52.2 Å². The maximum absolute atomic E-state index is 12.2. The second kappa shape index (κ2) is 7.72. The molecule has 3 heterocycles. The van der Waals surface area contributed by atoms with Crippen molar-refractivity contribution in [2.24, 2.45) is 0 Å². The maximum atomic E-state index is 12.2. The second-order valence-electron chi connectivity index (χ2n) is 6.74. The van der Waals surface area contributed by atoms with Gasteiger partial charge >= 0.3 is 0 Å². The smallest absolute Gasteiger partial charge is 0.222 e. The molecule has 4 rings (SSSR count). The molecular formula is C22H24N4OS. The molecule has 0 atom stereocenters. The zero-order valence-electron chi connectivity index (χ0n) is 16.5. The molecular weight excluding hydrogens is 368 g/mol. The number of fused-ring (bicyclic) bond motifs is 3. The Hall–Kier alpha value is -2.73. The van der Waals surface area contributed by atoms with E-state index in [9.17, 15) is 4.79 Å². The van der Waals surface area contributed by atoms with Gasteiger partial charge in [0.25, 0.3) is 0 Å². The van der Waals surface area contributed by atoms with Crippen LogP contribution in [0.25, 0.3) is 32.4 Å². The summed E-state index contributed by atoms with van der Waals surface area (Å²) in [5, 5.41) is 3.19. The third kappa shape index (κ3) is 3.18. The number of amides is 1. The fourth-order valence-electron chi connectivity index (χ4n) is 3.69. The summed E-state index contributed by atoms with van der Waals surface area (Å²) >= 11 is 1.73. The molecule has 0 saturated heterocycles. The largest absolute Gasteiger partial charge is 0.336 e. The van der Waals surface area contributed by atoms with E-state index in [0.29, 0.717) is 19.5 Å². The van der Waals surface area contributed by atoms with Crippen molar-refractivity contribution in [1.29, 1.82) is 0 Å². The van der Waals surface area contributed by atoms with E-state index in [1.165, 1.54) is 10.4 Å². The Labute approximate surface area is 168 Å². The van der Waals surface area contributed by atoms with Crippen molar-refractivity contribution in [3.63, 3.8) is 0 Å². The first kappa shape index (κ1) is 18.6. The number of thiophene rings is 1. The van der Waals surface area contributed by atoms with Crippen LogP contribution in [-0.2, 0) is 17.9 Å². The lowest BCUT2D eigenvalue weighted by Crippen LogP contribution is -2.30. The summed E-state index contributed by atoms with van der Waals surface area (Å²) in [4.78, 5) is 24.8. The summed E-state index contributed by atoms with van der Waals surface area (Å²) < 4.78 is 2.22. The summed E-state index contributed by atoms with van der Waals surface area (Å²) in [5.41, 5.74) is 4.13. The molecule has 0 N–H and O–H groups in total. The van der Waals surface area contributed by atoms with Crippen LogP contribution >= 0.6 is 11.3 Å². The Morgan fingerprint density at radius 2 is 2.04 bits per heavy atom. The number of nitrogens with zero attached hydrogens (tertiary/aromatic N) is 4. The van der Waals surface area contributed by atoms with Crippen molar-refractivity contribution in [2.45, 2.75) is 40.3 Å². The molecule has 0 aliphatic rings. The Bertz CT molecular complexity index is 1130. The molecule has 0 fully saturated rings. The number of carbonyl (C=O) groups excluding carboxylic acids is 1. The third-order valence-corrected chi connectivity index (χ3v) is 6.06. The van der Waals surface area contributed by atoms with Gasteiger partial charge in [-0.2, -0.15) is 0 Å². The minimum Gasteiger partial charge on any atom is -0.336 e. The summed E-state index contributed by atoms with van der Waals surface area (Å²) in [7, 11) is 0. The van der Waals surface area contributed by atoms with Crippen LogP contribution in [0.15, 0.2) is 41.9 Å². The fourth-order valence-corrected chi connectivity index (χ4v) is 4.41. The molecule has 0 saturated carbocycles. The van der Waals surface area contributed by atoms with Crippen molar-refractivity contribution < 1.29 is 4.79 Å². The van der Waals surface area contributed by atoms with Gasteiger partial charge < -0.3 is 9.47 Å². The number of imidazole rings is 1. The Kier molecular flexibility index (Phi) is 5.13. The molecule has 6 heteroatoms. The molecule has 0 aliphatic heterocycles. The van der Waals surface area contributed by atoms with Gasteiger partial charge in [0.1, 0.15) is 11.3 Å². The minimum absolute atomic E-state index is 0.154. The van der Waals surface area contributed by atoms with Gasteiger partial charge in [0.15, 0.2) is 0 Å². The SMILES string of the molecule is CCC(=O)N(CC)Cc1nc2cnc3cc(-c4cccs4)ccc3c2n1CC. The van der Waals surface area contributed by atoms with Crippen LogP contribution in [0.4, 0.5) is 0 Å². The molecule has 1 amide bonds. The van der Waals surface area contributed by atoms with Crippen molar-refractivity contribution in [1.82, 2.24) is 19.4 Å². The topological polar surface area (TPSA) is 51.0 Å². The fraction of sp³-hybridized carbons (Fsp3) is 0.318. The van der Waals surface area contributed by atoms with Crippen molar-refractivity contribution >= 4 is 39.2 Å². The first-order chi connectivity index (χ1) is 13.7. The molecule has 5 nitrogen and oxygen atoms in total. The number of carbonyl (C=O) groups is 1. The van der Waals surface area contributed by atoms with Crippen LogP contribution in [0.3, 0.4) is 0 Å². The predicted octanol–water partition coefficient (Wildman–Crippen LogP) is 5.09. The van der Waals surface area contributed by atoms with E-state index in [-0.39, 0.29) is 5.91 Å². The molecule has 144 valence electrons. The molecule has 3 aromatic heterocycles. The van der Waals surface area contributed by atoms with Crippen LogP contribution in [0.5, 0.6) is 0 Å². The highest BCUT2D eigenvalue weighted by molar-refractivity contribution is 7.13. The molecule has 0 radical (unpaired) electrons. The lowest BCUT2D eigenvalue weighted by atomic mass is 10.1. The van der Waals surface area contributed by atoms with Gasteiger partial charge in [0.05, 0.1) is 23.8 Å². The molecule has 0 spiro atoms. The van der Waals surface area contributed by atoms with Gasteiger partial charge in [-0.05, 0) is 43.0 Å². The highest BCUT2D eigenvalue weighted by atomic mass is 32.1. The first-order valence-electron chi connectivity index (χ1n) is 9.75. The Balaban J connectivity index is 1.83. The van der Waals surface area contributed by atoms with Gasteiger partial charge in [-0.3, -0.25) is 9.78 Å². The van der Waals surface area contributed by atoms with E-state index in [0.717, 1.165) is 34.3 Å². The number of hydrogen-bond acceptors (Lipinski definition) is 4. The van der Waals surface area contributed by atoms with E-state index >= 15 is 0 Å². The number of pyridine rings is 1. The zero-order valence-corrected chi connectivity index (χ0v) is 17.3. The highest BCUT2D eigenvalue weighted by Gasteiger charge is 2.18. The summed E-state index contributed by atoms with van der Waals surface area (Å²) in [6.45, 7) is 8.04.